The maximum Gasteiger partial charge on any atom is 0.329 e. The molecule has 2 aromatic rings. The van der Waals surface area contributed by atoms with E-state index >= 15 is 0 Å². The van der Waals surface area contributed by atoms with Gasteiger partial charge < -0.3 is 15.2 Å². The van der Waals surface area contributed by atoms with Crippen LogP contribution < -0.4 is 15.5 Å². The fourth-order valence-electron chi connectivity index (χ4n) is 2.20. The molecule has 2 rings (SSSR count). The fourth-order valence-corrected chi connectivity index (χ4v) is 2.20. The lowest BCUT2D eigenvalue weighted by atomic mass is 10.1. The van der Waals surface area contributed by atoms with Crippen LogP contribution in [-0.2, 0) is 9.59 Å². The number of anilines is 1. The highest BCUT2D eigenvalue weighted by molar-refractivity contribution is 6.39. The molecule has 0 bridgehead atoms. The number of phenolic OH excluding ortho intramolecular Hbond substituents is 1. The van der Waals surface area contributed by atoms with Gasteiger partial charge in [0, 0.05) is 11.3 Å². The number of aryl methyl sites for hydroxylation is 2. The number of para-hydroxylation sites is 2. The van der Waals surface area contributed by atoms with Crippen LogP contribution in [0.5, 0.6) is 11.5 Å². The third-order valence-corrected chi connectivity index (χ3v) is 3.55. The summed E-state index contributed by atoms with van der Waals surface area (Å²) in [6.07, 6.45) is 1.22. The summed E-state index contributed by atoms with van der Waals surface area (Å²) in [7, 11) is 1.43. The van der Waals surface area contributed by atoms with E-state index in [9.17, 15) is 14.7 Å². The normalized spacial score (nSPS) is 10.5. The Morgan fingerprint density at radius 3 is 2.36 bits per heavy atom. The van der Waals surface area contributed by atoms with E-state index in [1.807, 2.05) is 32.0 Å². The van der Waals surface area contributed by atoms with Crippen LogP contribution in [0.1, 0.15) is 16.7 Å². The Labute approximate surface area is 145 Å². The number of hydrazone groups is 1. The summed E-state index contributed by atoms with van der Waals surface area (Å²) < 4.78 is 4.98. The number of phenols is 1. The van der Waals surface area contributed by atoms with Crippen molar-refractivity contribution >= 4 is 23.7 Å². The Bertz CT molecular complexity index is 811. The summed E-state index contributed by atoms with van der Waals surface area (Å²) in [5.41, 5.74) is 4.76. The van der Waals surface area contributed by atoms with E-state index in [0.29, 0.717) is 11.3 Å². The van der Waals surface area contributed by atoms with Crippen LogP contribution >= 0.6 is 0 Å². The molecule has 0 heterocycles. The van der Waals surface area contributed by atoms with Gasteiger partial charge in [-0.1, -0.05) is 24.3 Å². The highest BCUT2D eigenvalue weighted by Crippen LogP contribution is 2.27. The van der Waals surface area contributed by atoms with Gasteiger partial charge in [0.25, 0.3) is 0 Å². The van der Waals surface area contributed by atoms with Gasteiger partial charge >= 0.3 is 11.8 Å². The standard InChI is InChI=1S/C18H19N3O4/c1-11-6-4-7-12(2)15(11)20-17(23)18(24)21-19-10-13-8-5-9-14(25-3)16(13)22/h4-10,22H,1-3H3,(H,20,23)(H,21,24)/b19-10+. The van der Waals surface area contributed by atoms with Crippen molar-refractivity contribution < 1.29 is 19.4 Å². The SMILES string of the molecule is COc1cccc(/C=N/NC(=O)C(=O)Nc2c(C)cccc2C)c1O. The first kappa shape index (κ1) is 18.0. The predicted octanol–water partition coefficient (Wildman–Crippen LogP) is 2.11. The molecule has 2 amide bonds. The number of methoxy groups -OCH3 is 1. The van der Waals surface area contributed by atoms with Crippen molar-refractivity contribution in [2.24, 2.45) is 5.10 Å². The van der Waals surface area contributed by atoms with Crippen LogP contribution in [-0.4, -0.2) is 30.2 Å². The third kappa shape index (κ3) is 4.35. The summed E-state index contributed by atoms with van der Waals surface area (Å²) in [5, 5.41) is 16.2. The zero-order valence-corrected chi connectivity index (χ0v) is 14.2. The Kier molecular flexibility index (Phi) is 5.73. The van der Waals surface area contributed by atoms with E-state index in [0.717, 1.165) is 11.1 Å². The monoisotopic (exact) mass is 341 g/mol. The van der Waals surface area contributed by atoms with Gasteiger partial charge in [0.15, 0.2) is 11.5 Å². The zero-order valence-electron chi connectivity index (χ0n) is 14.2. The quantitative estimate of drug-likeness (QED) is 0.450. The number of nitrogens with one attached hydrogen (secondary N) is 2. The number of hydrogen-bond acceptors (Lipinski definition) is 5. The molecule has 0 fully saturated rings. The Hall–Kier alpha value is -3.35. The molecule has 3 N–H and O–H groups in total. The minimum absolute atomic E-state index is 0.108. The average molecular weight is 341 g/mol. The number of nitrogens with zero attached hydrogens (tertiary/aromatic N) is 1. The number of aromatic hydroxyl groups is 1. The van der Waals surface area contributed by atoms with E-state index in [2.05, 4.69) is 15.8 Å². The minimum Gasteiger partial charge on any atom is -0.504 e. The largest absolute Gasteiger partial charge is 0.504 e. The molecule has 130 valence electrons. The van der Waals surface area contributed by atoms with Crippen molar-refractivity contribution in [1.29, 1.82) is 0 Å². The van der Waals surface area contributed by atoms with Gasteiger partial charge in [-0.2, -0.15) is 5.10 Å². The van der Waals surface area contributed by atoms with Crippen molar-refractivity contribution in [3.8, 4) is 11.5 Å². The summed E-state index contributed by atoms with van der Waals surface area (Å²) in [6.45, 7) is 3.68. The van der Waals surface area contributed by atoms with Crippen LogP contribution in [0.15, 0.2) is 41.5 Å². The topological polar surface area (TPSA) is 100 Å². The highest BCUT2D eigenvalue weighted by Gasteiger charge is 2.15. The molecule has 0 unspecified atom stereocenters. The van der Waals surface area contributed by atoms with E-state index in [1.165, 1.54) is 13.3 Å². The number of carbonyl (C=O) groups is 2. The van der Waals surface area contributed by atoms with Crippen LogP contribution in [0.25, 0.3) is 0 Å². The molecule has 0 radical (unpaired) electrons. The van der Waals surface area contributed by atoms with Crippen LogP contribution in [0, 0.1) is 13.8 Å². The number of rotatable bonds is 4. The molecular formula is C18H19N3O4. The van der Waals surface area contributed by atoms with Gasteiger partial charge in [-0.25, -0.2) is 5.43 Å². The second-order valence-electron chi connectivity index (χ2n) is 5.32. The predicted molar refractivity (Wildman–Crippen MR) is 94.9 cm³/mol. The second-order valence-corrected chi connectivity index (χ2v) is 5.32. The van der Waals surface area contributed by atoms with E-state index in [-0.39, 0.29) is 11.5 Å². The fraction of sp³-hybridized carbons (Fsp3) is 0.167. The van der Waals surface area contributed by atoms with E-state index < -0.39 is 11.8 Å². The first-order valence-corrected chi connectivity index (χ1v) is 7.50. The Morgan fingerprint density at radius 1 is 1.08 bits per heavy atom. The summed E-state index contributed by atoms with van der Waals surface area (Å²) >= 11 is 0. The van der Waals surface area contributed by atoms with E-state index in [1.54, 1.807) is 18.2 Å². The molecule has 0 aromatic heterocycles. The van der Waals surface area contributed by atoms with Gasteiger partial charge in [-0.3, -0.25) is 9.59 Å². The first-order valence-electron chi connectivity index (χ1n) is 7.50. The smallest absolute Gasteiger partial charge is 0.329 e. The van der Waals surface area contributed by atoms with Gasteiger partial charge in [-0.15, -0.1) is 0 Å². The molecular weight excluding hydrogens is 322 g/mol. The average Bonchev–Trinajstić information content (AvgIpc) is 2.59. The molecule has 0 aliphatic heterocycles. The molecule has 0 saturated carbocycles. The third-order valence-electron chi connectivity index (χ3n) is 3.55. The maximum atomic E-state index is 12.0. The molecule has 0 aliphatic carbocycles. The van der Waals surface area contributed by atoms with Gasteiger partial charge in [-0.05, 0) is 37.1 Å². The highest BCUT2D eigenvalue weighted by atomic mass is 16.5. The number of benzene rings is 2. The van der Waals surface area contributed by atoms with Crippen LogP contribution in [0.4, 0.5) is 5.69 Å². The summed E-state index contributed by atoms with van der Waals surface area (Å²) in [6, 6.07) is 10.4. The molecule has 7 nitrogen and oxygen atoms in total. The van der Waals surface area contributed by atoms with Crippen molar-refractivity contribution in [2.75, 3.05) is 12.4 Å². The summed E-state index contributed by atoms with van der Waals surface area (Å²) in [4.78, 5) is 23.8. The van der Waals surface area contributed by atoms with Crippen molar-refractivity contribution in [3.63, 3.8) is 0 Å². The number of ether oxygens (including phenoxy) is 1. The van der Waals surface area contributed by atoms with Crippen molar-refractivity contribution in [1.82, 2.24) is 5.43 Å². The lowest BCUT2D eigenvalue weighted by Gasteiger charge is -2.10. The van der Waals surface area contributed by atoms with Crippen molar-refractivity contribution in [3.05, 3.63) is 53.1 Å². The summed E-state index contributed by atoms with van der Waals surface area (Å²) in [5.74, 6) is -1.57. The lowest BCUT2D eigenvalue weighted by Crippen LogP contribution is -2.32. The van der Waals surface area contributed by atoms with E-state index in [4.69, 9.17) is 4.74 Å². The first-order chi connectivity index (χ1) is 11.9. The molecule has 0 atom stereocenters. The molecule has 0 saturated heterocycles. The van der Waals surface area contributed by atoms with Crippen molar-refractivity contribution in [2.45, 2.75) is 13.8 Å². The molecule has 0 aliphatic rings. The molecule has 7 heteroatoms. The molecule has 25 heavy (non-hydrogen) atoms. The lowest BCUT2D eigenvalue weighted by molar-refractivity contribution is -0.136. The minimum atomic E-state index is -0.915. The maximum absolute atomic E-state index is 12.0. The van der Waals surface area contributed by atoms with Gasteiger partial charge in [0.1, 0.15) is 0 Å². The van der Waals surface area contributed by atoms with Crippen LogP contribution in [0.3, 0.4) is 0 Å². The zero-order chi connectivity index (χ0) is 18.4. The number of amides is 2. The van der Waals surface area contributed by atoms with Gasteiger partial charge in [0.05, 0.1) is 13.3 Å². The number of hydrogen-bond donors (Lipinski definition) is 3. The number of carbonyl (C=O) groups excluding carboxylic acids is 2. The van der Waals surface area contributed by atoms with Gasteiger partial charge in [0.2, 0.25) is 0 Å². The Morgan fingerprint density at radius 2 is 1.72 bits per heavy atom. The Balaban J connectivity index is 2.01. The van der Waals surface area contributed by atoms with Crippen LogP contribution in [0.2, 0.25) is 0 Å². The molecule has 0 spiro atoms. The molecule has 2 aromatic carbocycles. The second kappa shape index (κ2) is 7.96.